The molecule has 0 atom stereocenters. The van der Waals surface area contributed by atoms with Gasteiger partial charge >= 0.3 is 0 Å². The Morgan fingerprint density at radius 1 is 1.03 bits per heavy atom. The fourth-order valence-corrected chi connectivity index (χ4v) is 3.84. The van der Waals surface area contributed by atoms with Crippen molar-refractivity contribution in [3.8, 4) is 5.75 Å². The van der Waals surface area contributed by atoms with Gasteiger partial charge in [0.2, 0.25) is 5.16 Å². The van der Waals surface area contributed by atoms with E-state index >= 15 is 0 Å². The van der Waals surface area contributed by atoms with Crippen molar-refractivity contribution in [2.75, 3.05) is 6.61 Å². The second-order valence-electron chi connectivity index (χ2n) is 6.89. The van der Waals surface area contributed by atoms with E-state index in [9.17, 15) is 0 Å². The third-order valence-electron chi connectivity index (χ3n) is 4.40. The summed E-state index contributed by atoms with van der Waals surface area (Å²) in [7, 11) is 0. The third kappa shape index (κ3) is 6.71. The Hall–Kier alpha value is -2.12. The van der Waals surface area contributed by atoms with E-state index in [0.717, 1.165) is 64.8 Å². The van der Waals surface area contributed by atoms with Crippen molar-refractivity contribution in [1.82, 2.24) is 14.9 Å². The standard InChI is InChI=1S/C23H27BrN4OS/c1-3-5-15-29-21-13-9-18(10-14-21)16-25-28-22(6-4-2)26-27-23(28)30-17-19-7-11-20(24)12-8-19/h7-14,16H,3-6,15,17H2,1-2H3/b25-16+. The monoisotopic (exact) mass is 486 g/mol. The topological polar surface area (TPSA) is 52.3 Å². The van der Waals surface area contributed by atoms with Crippen LogP contribution in [0, 0.1) is 0 Å². The highest BCUT2D eigenvalue weighted by atomic mass is 79.9. The quantitative estimate of drug-likeness (QED) is 0.180. The van der Waals surface area contributed by atoms with Gasteiger partial charge in [-0.3, -0.25) is 0 Å². The van der Waals surface area contributed by atoms with Gasteiger partial charge in [-0.25, -0.2) is 0 Å². The lowest BCUT2D eigenvalue weighted by Crippen LogP contribution is -2.00. The molecule has 0 saturated heterocycles. The highest BCUT2D eigenvalue weighted by Crippen LogP contribution is 2.23. The summed E-state index contributed by atoms with van der Waals surface area (Å²) in [5, 5.41) is 14.2. The van der Waals surface area contributed by atoms with Gasteiger partial charge in [-0.1, -0.05) is 60.1 Å². The zero-order chi connectivity index (χ0) is 21.2. The minimum absolute atomic E-state index is 0.754. The first-order valence-corrected chi connectivity index (χ1v) is 12.1. The van der Waals surface area contributed by atoms with Gasteiger partial charge in [0.1, 0.15) is 5.75 Å². The van der Waals surface area contributed by atoms with Gasteiger partial charge in [0.25, 0.3) is 0 Å². The molecule has 3 aromatic rings. The number of aryl methyl sites for hydroxylation is 1. The number of unbranched alkanes of at least 4 members (excludes halogenated alkanes) is 1. The highest BCUT2D eigenvalue weighted by Gasteiger charge is 2.11. The molecule has 1 aromatic heterocycles. The van der Waals surface area contributed by atoms with E-state index in [2.05, 4.69) is 69.3 Å². The Morgan fingerprint density at radius 2 is 1.80 bits per heavy atom. The number of aromatic nitrogens is 3. The second-order valence-corrected chi connectivity index (χ2v) is 8.75. The molecule has 0 amide bonds. The first kappa shape index (κ1) is 22.6. The summed E-state index contributed by atoms with van der Waals surface area (Å²) in [5.41, 5.74) is 2.25. The number of thioether (sulfide) groups is 1. The molecule has 2 aromatic carbocycles. The molecular formula is C23H27BrN4OS. The Balaban J connectivity index is 1.70. The van der Waals surface area contributed by atoms with Gasteiger partial charge in [-0.05, 0) is 60.4 Å². The molecule has 3 rings (SSSR count). The van der Waals surface area contributed by atoms with E-state index in [-0.39, 0.29) is 0 Å². The van der Waals surface area contributed by atoms with Gasteiger partial charge in [-0.2, -0.15) is 9.78 Å². The van der Waals surface area contributed by atoms with Crippen LogP contribution in [0.4, 0.5) is 0 Å². The molecule has 5 nitrogen and oxygen atoms in total. The number of halogens is 1. The van der Waals surface area contributed by atoms with Gasteiger partial charge < -0.3 is 4.74 Å². The van der Waals surface area contributed by atoms with Crippen LogP contribution in [0.2, 0.25) is 0 Å². The lowest BCUT2D eigenvalue weighted by Gasteiger charge is -2.06. The molecule has 0 bridgehead atoms. The lowest BCUT2D eigenvalue weighted by atomic mass is 10.2. The van der Waals surface area contributed by atoms with Crippen LogP contribution in [-0.2, 0) is 12.2 Å². The van der Waals surface area contributed by atoms with E-state index < -0.39 is 0 Å². The third-order valence-corrected chi connectivity index (χ3v) is 5.92. The Morgan fingerprint density at radius 3 is 2.50 bits per heavy atom. The molecule has 158 valence electrons. The normalized spacial score (nSPS) is 11.3. The lowest BCUT2D eigenvalue weighted by molar-refractivity contribution is 0.309. The molecule has 0 saturated carbocycles. The molecule has 0 aliphatic heterocycles. The summed E-state index contributed by atoms with van der Waals surface area (Å²) in [5.74, 6) is 2.59. The van der Waals surface area contributed by atoms with Crippen LogP contribution in [0.5, 0.6) is 5.75 Å². The number of hydrogen-bond acceptors (Lipinski definition) is 5. The van der Waals surface area contributed by atoms with Gasteiger partial charge in [0, 0.05) is 16.6 Å². The minimum Gasteiger partial charge on any atom is -0.494 e. The molecule has 0 N–H and O–H groups in total. The maximum Gasteiger partial charge on any atom is 0.212 e. The fraction of sp³-hybridized carbons (Fsp3) is 0.348. The fourth-order valence-electron chi connectivity index (χ4n) is 2.72. The van der Waals surface area contributed by atoms with E-state index in [1.807, 2.05) is 35.2 Å². The van der Waals surface area contributed by atoms with Crippen molar-refractivity contribution in [2.45, 2.75) is 50.4 Å². The van der Waals surface area contributed by atoms with Crippen LogP contribution in [0.1, 0.15) is 50.1 Å². The molecule has 0 fully saturated rings. The summed E-state index contributed by atoms with van der Waals surface area (Å²) in [6.07, 6.45) is 5.88. The summed E-state index contributed by atoms with van der Waals surface area (Å²) >= 11 is 5.12. The van der Waals surface area contributed by atoms with Crippen molar-refractivity contribution in [1.29, 1.82) is 0 Å². The first-order chi connectivity index (χ1) is 14.7. The first-order valence-electron chi connectivity index (χ1n) is 10.3. The van der Waals surface area contributed by atoms with E-state index in [4.69, 9.17) is 4.74 Å². The van der Waals surface area contributed by atoms with Crippen LogP contribution in [0.25, 0.3) is 0 Å². The molecule has 0 unspecified atom stereocenters. The van der Waals surface area contributed by atoms with E-state index in [1.165, 1.54) is 5.56 Å². The van der Waals surface area contributed by atoms with Crippen molar-refractivity contribution in [3.05, 3.63) is 70.0 Å². The van der Waals surface area contributed by atoms with Gasteiger partial charge in [0.15, 0.2) is 5.82 Å². The molecule has 0 radical (unpaired) electrons. The number of ether oxygens (including phenoxy) is 1. The van der Waals surface area contributed by atoms with Crippen molar-refractivity contribution in [2.24, 2.45) is 5.10 Å². The van der Waals surface area contributed by atoms with Crippen LogP contribution < -0.4 is 4.74 Å². The summed E-state index contributed by atoms with van der Waals surface area (Å²) in [6.45, 7) is 5.05. The second kappa shape index (κ2) is 11.9. The van der Waals surface area contributed by atoms with E-state index in [0.29, 0.717) is 0 Å². The van der Waals surface area contributed by atoms with Crippen LogP contribution in [0.3, 0.4) is 0 Å². The molecule has 0 spiro atoms. The van der Waals surface area contributed by atoms with Crippen LogP contribution in [-0.4, -0.2) is 27.7 Å². The average Bonchev–Trinajstić information content (AvgIpc) is 3.15. The van der Waals surface area contributed by atoms with Crippen molar-refractivity contribution in [3.63, 3.8) is 0 Å². The minimum atomic E-state index is 0.754. The number of nitrogens with zero attached hydrogens (tertiary/aromatic N) is 4. The maximum atomic E-state index is 5.73. The van der Waals surface area contributed by atoms with Crippen LogP contribution in [0.15, 0.2) is 63.3 Å². The summed E-state index contributed by atoms with van der Waals surface area (Å²) in [4.78, 5) is 0. The molecule has 1 heterocycles. The largest absolute Gasteiger partial charge is 0.494 e. The average molecular weight is 487 g/mol. The Bertz CT molecular complexity index is 939. The van der Waals surface area contributed by atoms with Crippen molar-refractivity contribution >= 4 is 33.9 Å². The van der Waals surface area contributed by atoms with Crippen LogP contribution >= 0.6 is 27.7 Å². The smallest absolute Gasteiger partial charge is 0.212 e. The van der Waals surface area contributed by atoms with E-state index in [1.54, 1.807) is 11.8 Å². The zero-order valence-electron chi connectivity index (χ0n) is 17.4. The predicted molar refractivity (Wildman–Crippen MR) is 128 cm³/mol. The summed E-state index contributed by atoms with van der Waals surface area (Å²) in [6, 6.07) is 16.3. The number of hydrogen-bond donors (Lipinski definition) is 0. The van der Waals surface area contributed by atoms with Gasteiger partial charge in [0.05, 0.1) is 12.8 Å². The number of rotatable bonds is 11. The Kier molecular flexibility index (Phi) is 8.96. The predicted octanol–water partition coefficient (Wildman–Crippen LogP) is 6.35. The number of benzene rings is 2. The molecule has 0 aliphatic carbocycles. The molecule has 30 heavy (non-hydrogen) atoms. The maximum absolute atomic E-state index is 5.73. The molecule has 7 heteroatoms. The molecule has 0 aliphatic rings. The zero-order valence-corrected chi connectivity index (χ0v) is 19.8. The summed E-state index contributed by atoms with van der Waals surface area (Å²) < 4.78 is 8.67. The van der Waals surface area contributed by atoms with Crippen molar-refractivity contribution < 1.29 is 4.74 Å². The Labute approximate surface area is 191 Å². The highest BCUT2D eigenvalue weighted by molar-refractivity contribution is 9.10. The molecular weight excluding hydrogens is 460 g/mol. The van der Waals surface area contributed by atoms with Gasteiger partial charge in [-0.15, -0.1) is 10.2 Å². The SMILES string of the molecule is CCCCOc1ccc(/C=N/n2c(CCC)nnc2SCc2ccc(Br)cc2)cc1.